The third kappa shape index (κ3) is 5.70. The summed E-state index contributed by atoms with van der Waals surface area (Å²) in [6, 6.07) is 6.48. The maximum Gasteiger partial charge on any atom is 0.329 e. The van der Waals surface area contributed by atoms with Gasteiger partial charge in [0.25, 0.3) is 5.91 Å². The highest BCUT2D eigenvalue weighted by molar-refractivity contribution is 6.08. The van der Waals surface area contributed by atoms with Crippen LogP contribution in [0, 0.1) is 17.8 Å². The first kappa shape index (κ1) is 24.7. The minimum absolute atomic E-state index is 0.00149. The number of allylic oxidation sites excluding steroid dienone is 2. The molecule has 178 valence electrons. The van der Waals surface area contributed by atoms with Crippen molar-refractivity contribution in [2.75, 3.05) is 11.9 Å². The van der Waals surface area contributed by atoms with Crippen LogP contribution in [-0.2, 0) is 29.3 Å². The van der Waals surface area contributed by atoms with Crippen molar-refractivity contribution in [2.45, 2.75) is 65.3 Å². The van der Waals surface area contributed by atoms with E-state index in [0.29, 0.717) is 24.9 Å². The van der Waals surface area contributed by atoms with E-state index in [-0.39, 0.29) is 23.1 Å². The molecule has 1 aromatic carbocycles. The zero-order valence-electron chi connectivity index (χ0n) is 20.1. The molecule has 1 aliphatic heterocycles. The number of nitrogens with one attached hydrogen (secondary N) is 1. The van der Waals surface area contributed by atoms with Crippen LogP contribution in [0.2, 0.25) is 0 Å². The molecular weight excluding hydrogens is 420 g/mol. The average Bonchev–Trinajstić information content (AvgIpc) is 3.00. The van der Waals surface area contributed by atoms with E-state index in [0.717, 1.165) is 10.5 Å². The molecule has 7 heteroatoms. The Bertz CT molecular complexity index is 916. The molecule has 33 heavy (non-hydrogen) atoms. The van der Waals surface area contributed by atoms with Crippen LogP contribution in [0.15, 0.2) is 36.4 Å². The Labute approximate surface area is 195 Å². The van der Waals surface area contributed by atoms with E-state index >= 15 is 0 Å². The fourth-order valence-electron chi connectivity index (χ4n) is 4.37. The van der Waals surface area contributed by atoms with Gasteiger partial charge in [-0.05, 0) is 48.3 Å². The first-order valence-corrected chi connectivity index (χ1v) is 11.6. The molecule has 1 saturated heterocycles. The highest BCUT2D eigenvalue weighted by atomic mass is 16.5. The maximum absolute atomic E-state index is 12.9. The molecule has 0 aromatic heterocycles. The highest BCUT2D eigenvalue weighted by Gasteiger charge is 2.51. The molecule has 3 atom stereocenters. The summed E-state index contributed by atoms with van der Waals surface area (Å²) in [7, 11) is 0. The molecule has 0 bridgehead atoms. The zero-order chi connectivity index (χ0) is 24.3. The number of nitrogens with zero attached hydrogens (tertiary/aromatic N) is 1. The summed E-state index contributed by atoms with van der Waals surface area (Å²) in [5, 5.41) is 2.71. The summed E-state index contributed by atoms with van der Waals surface area (Å²) in [4.78, 5) is 52.2. The van der Waals surface area contributed by atoms with Crippen molar-refractivity contribution in [3.05, 3.63) is 42.0 Å². The van der Waals surface area contributed by atoms with Crippen molar-refractivity contribution in [3.8, 4) is 0 Å². The maximum atomic E-state index is 12.9. The Morgan fingerprint density at radius 3 is 2.06 bits per heavy atom. The lowest BCUT2D eigenvalue weighted by molar-refractivity contribution is -0.160. The second-order valence-electron chi connectivity index (χ2n) is 10.3. The molecule has 1 aromatic rings. The Balaban J connectivity index is 1.63. The number of hydrogen-bond acceptors (Lipinski definition) is 5. The summed E-state index contributed by atoms with van der Waals surface area (Å²) in [6.45, 7) is 9.65. The molecule has 1 aliphatic carbocycles. The van der Waals surface area contributed by atoms with Crippen molar-refractivity contribution in [2.24, 2.45) is 17.8 Å². The first-order valence-electron chi connectivity index (χ1n) is 11.6. The van der Waals surface area contributed by atoms with Gasteiger partial charge < -0.3 is 10.1 Å². The van der Waals surface area contributed by atoms with E-state index in [1.54, 1.807) is 12.1 Å². The lowest BCUT2D eigenvalue weighted by Crippen LogP contribution is -2.47. The Morgan fingerprint density at radius 1 is 1.03 bits per heavy atom. The predicted molar refractivity (Wildman–Crippen MR) is 125 cm³/mol. The number of rotatable bonds is 7. The van der Waals surface area contributed by atoms with E-state index in [4.69, 9.17) is 4.74 Å². The smallest absolute Gasteiger partial charge is 0.329 e. The van der Waals surface area contributed by atoms with Crippen molar-refractivity contribution in [1.82, 2.24) is 4.90 Å². The largest absolute Gasteiger partial charge is 0.454 e. The fraction of sp³-hybridized carbons (Fsp3) is 0.538. The zero-order valence-corrected chi connectivity index (χ0v) is 20.1. The summed E-state index contributed by atoms with van der Waals surface area (Å²) in [6.07, 6.45) is 5.12. The lowest BCUT2D eigenvalue weighted by atomic mass is 9.85. The SMILES string of the molecule is CC(C)C[C@H](C(=O)OCC(=O)Nc1ccc(C(C)(C)C)cc1)N1C(=O)[C@H]2CC=CC[C@H]2C1=O. The van der Waals surface area contributed by atoms with Crippen LogP contribution in [-0.4, -0.2) is 41.2 Å². The van der Waals surface area contributed by atoms with Gasteiger partial charge in [-0.1, -0.05) is 58.9 Å². The molecule has 1 fully saturated rings. The molecule has 1 N–H and O–H groups in total. The van der Waals surface area contributed by atoms with Crippen LogP contribution >= 0.6 is 0 Å². The highest BCUT2D eigenvalue weighted by Crippen LogP contribution is 2.37. The van der Waals surface area contributed by atoms with Gasteiger partial charge in [0.05, 0.1) is 11.8 Å². The standard InChI is InChI=1S/C26H34N2O5/c1-16(2)14-21(28-23(30)19-8-6-7-9-20(19)24(28)31)25(32)33-15-22(29)27-18-12-10-17(11-13-18)26(3,4)5/h6-7,10-13,16,19-21H,8-9,14-15H2,1-5H3,(H,27,29)/t19-,20+,21-/m1/s1. The molecular formula is C26H34N2O5. The third-order valence-corrected chi connectivity index (χ3v) is 6.20. The van der Waals surface area contributed by atoms with Gasteiger partial charge in [-0.25, -0.2) is 4.79 Å². The van der Waals surface area contributed by atoms with E-state index in [1.807, 2.05) is 38.1 Å². The van der Waals surface area contributed by atoms with Crippen LogP contribution in [0.3, 0.4) is 0 Å². The Hall–Kier alpha value is -2.96. The number of hydrogen-bond donors (Lipinski definition) is 1. The van der Waals surface area contributed by atoms with Crippen molar-refractivity contribution >= 4 is 29.4 Å². The Kier molecular flexibility index (Phi) is 7.40. The molecule has 3 amide bonds. The van der Waals surface area contributed by atoms with Gasteiger partial charge in [0.1, 0.15) is 6.04 Å². The van der Waals surface area contributed by atoms with Crippen LogP contribution < -0.4 is 5.32 Å². The number of likely N-dealkylation sites (tertiary alicyclic amines) is 1. The number of esters is 1. The van der Waals surface area contributed by atoms with Gasteiger partial charge in [0.2, 0.25) is 11.8 Å². The number of fused-ring (bicyclic) bond motifs is 1. The van der Waals surface area contributed by atoms with Crippen LogP contribution in [0.1, 0.15) is 59.4 Å². The summed E-state index contributed by atoms with van der Waals surface area (Å²) < 4.78 is 5.27. The first-order chi connectivity index (χ1) is 15.5. The van der Waals surface area contributed by atoms with E-state index in [2.05, 4.69) is 26.1 Å². The van der Waals surface area contributed by atoms with Crippen LogP contribution in [0.5, 0.6) is 0 Å². The monoisotopic (exact) mass is 454 g/mol. The minimum atomic E-state index is -1.02. The summed E-state index contributed by atoms with van der Waals surface area (Å²) >= 11 is 0. The van der Waals surface area contributed by atoms with E-state index in [1.165, 1.54) is 0 Å². The molecule has 0 unspecified atom stereocenters. The quantitative estimate of drug-likeness (QED) is 0.384. The number of anilines is 1. The normalized spacial score (nSPS) is 21.2. The third-order valence-electron chi connectivity index (χ3n) is 6.20. The number of carbonyl (C=O) groups excluding carboxylic acids is 4. The van der Waals surface area contributed by atoms with E-state index in [9.17, 15) is 19.2 Å². The molecule has 2 aliphatic rings. The number of imide groups is 1. The van der Waals surface area contributed by atoms with Crippen LogP contribution in [0.25, 0.3) is 0 Å². The average molecular weight is 455 g/mol. The van der Waals surface area contributed by atoms with Gasteiger partial charge >= 0.3 is 5.97 Å². The lowest BCUT2D eigenvalue weighted by Gasteiger charge is -2.26. The molecule has 0 saturated carbocycles. The van der Waals surface area contributed by atoms with Gasteiger partial charge in [-0.15, -0.1) is 0 Å². The van der Waals surface area contributed by atoms with Gasteiger partial charge in [0, 0.05) is 5.69 Å². The topological polar surface area (TPSA) is 92.8 Å². The predicted octanol–water partition coefficient (Wildman–Crippen LogP) is 3.83. The number of amides is 3. The summed E-state index contributed by atoms with van der Waals surface area (Å²) in [5.74, 6) is -2.62. The molecule has 0 radical (unpaired) electrons. The molecule has 1 heterocycles. The van der Waals surface area contributed by atoms with Gasteiger partial charge in [-0.3, -0.25) is 19.3 Å². The van der Waals surface area contributed by atoms with Gasteiger partial charge in [0.15, 0.2) is 6.61 Å². The molecule has 3 rings (SSSR count). The number of carbonyl (C=O) groups is 4. The van der Waals surface area contributed by atoms with Crippen molar-refractivity contribution in [1.29, 1.82) is 0 Å². The summed E-state index contributed by atoms with van der Waals surface area (Å²) in [5.41, 5.74) is 1.74. The Morgan fingerprint density at radius 2 is 1.58 bits per heavy atom. The van der Waals surface area contributed by atoms with Gasteiger partial charge in [-0.2, -0.15) is 0 Å². The second-order valence-corrected chi connectivity index (χ2v) is 10.3. The van der Waals surface area contributed by atoms with E-state index < -0.39 is 36.4 Å². The molecule has 0 spiro atoms. The van der Waals surface area contributed by atoms with Crippen LogP contribution in [0.4, 0.5) is 5.69 Å². The fourth-order valence-corrected chi connectivity index (χ4v) is 4.37. The molecule has 7 nitrogen and oxygen atoms in total. The second kappa shape index (κ2) is 9.89. The number of ether oxygens (including phenoxy) is 1. The minimum Gasteiger partial charge on any atom is -0.454 e. The van der Waals surface area contributed by atoms with Crippen molar-refractivity contribution < 1.29 is 23.9 Å². The number of benzene rings is 1. The van der Waals surface area contributed by atoms with Crippen molar-refractivity contribution in [3.63, 3.8) is 0 Å².